The molecule has 35 heavy (non-hydrogen) atoms. The Morgan fingerprint density at radius 2 is 1.89 bits per heavy atom. The fourth-order valence-electron chi connectivity index (χ4n) is 4.96. The number of nitrogens with zero attached hydrogens (tertiary/aromatic N) is 6. The number of carbonyl (C=O) groups is 1. The highest BCUT2D eigenvalue weighted by Gasteiger charge is 2.35. The molecule has 1 unspecified atom stereocenters. The molecule has 3 aromatic rings. The number of carboxylic acids is 1. The van der Waals surface area contributed by atoms with Gasteiger partial charge < -0.3 is 14.6 Å². The first-order valence-electron chi connectivity index (χ1n) is 11.4. The van der Waals surface area contributed by atoms with Crippen LogP contribution >= 0.6 is 0 Å². The normalized spacial score (nSPS) is 19.2. The Bertz CT molecular complexity index is 1460. The molecule has 1 aliphatic rings. The molecule has 9 nitrogen and oxygen atoms in total. The van der Waals surface area contributed by atoms with Gasteiger partial charge in [0.25, 0.3) is 5.56 Å². The van der Waals surface area contributed by atoms with Crippen LogP contribution in [0.3, 0.4) is 0 Å². The average Bonchev–Trinajstić information content (AvgIpc) is 2.86. The maximum Gasteiger partial charge on any atom is 0.335 e. The molecule has 0 spiro atoms. The molecule has 1 N–H and O–H groups in total. The first-order chi connectivity index (χ1) is 16.7. The third-order valence-corrected chi connectivity index (χ3v) is 6.88. The number of hydrogen-bond acceptors (Lipinski definition) is 7. The van der Waals surface area contributed by atoms with E-state index in [1.54, 1.807) is 37.4 Å². The zero-order valence-corrected chi connectivity index (χ0v) is 20.1. The Balaban J connectivity index is 1.76. The second-order valence-corrected chi connectivity index (χ2v) is 9.03. The molecule has 3 atom stereocenters. The lowest BCUT2D eigenvalue weighted by Gasteiger charge is -2.48. The third kappa shape index (κ3) is 4.11. The number of anilines is 1. The molecule has 9 heteroatoms. The Hall–Kier alpha value is -4.21. The monoisotopic (exact) mass is 470 g/mol. The summed E-state index contributed by atoms with van der Waals surface area (Å²) < 4.78 is 1.40. The quantitative estimate of drug-likeness (QED) is 0.617. The predicted octanol–water partition coefficient (Wildman–Crippen LogP) is 3.04. The van der Waals surface area contributed by atoms with E-state index in [2.05, 4.69) is 29.8 Å². The van der Waals surface area contributed by atoms with Crippen LogP contribution in [0, 0.1) is 22.7 Å². The molecule has 0 saturated carbocycles. The van der Waals surface area contributed by atoms with Crippen LogP contribution in [-0.4, -0.2) is 50.7 Å². The van der Waals surface area contributed by atoms with E-state index < -0.39 is 11.5 Å². The Labute approximate surface area is 203 Å². The van der Waals surface area contributed by atoms with Crippen molar-refractivity contribution in [3.05, 3.63) is 69.1 Å². The first kappa shape index (κ1) is 23.9. The lowest BCUT2D eigenvalue weighted by Crippen LogP contribution is -2.57. The number of piperazine rings is 1. The maximum absolute atomic E-state index is 13.0. The topological polar surface area (TPSA) is 126 Å². The van der Waals surface area contributed by atoms with Gasteiger partial charge in [0.1, 0.15) is 28.9 Å². The maximum atomic E-state index is 13.0. The molecule has 0 amide bonds. The zero-order valence-electron chi connectivity index (χ0n) is 20.1. The van der Waals surface area contributed by atoms with E-state index in [9.17, 15) is 25.2 Å². The summed E-state index contributed by atoms with van der Waals surface area (Å²) in [4.78, 5) is 33.3. The van der Waals surface area contributed by atoms with E-state index >= 15 is 0 Å². The van der Waals surface area contributed by atoms with Crippen molar-refractivity contribution in [2.45, 2.75) is 38.9 Å². The van der Waals surface area contributed by atoms with Gasteiger partial charge >= 0.3 is 5.97 Å². The molecule has 2 aromatic heterocycles. The summed E-state index contributed by atoms with van der Waals surface area (Å²) in [5.74, 6) is -0.962. The van der Waals surface area contributed by atoms with Crippen molar-refractivity contribution in [2.75, 3.05) is 18.0 Å². The lowest BCUT2D eigenvalue weighted by molar-refractivity contribution is 0.0696. The third-order valence-electron chi connectivity index (χ3n) is 6.88. The fourth-order valence-corrected chi connectivity index (χ4v) is 4.96. The molecule has 4 rings (SSSR count). The molecule has 3 heterocycles. The van der Waals surface area contributed by atoms with Gasteiger partial charge in [0.2, 0.25) is 0 Å². The van der Waals surface area contributed by atoms with Gasteiger partial charge in [-0.25, -0.2) is 9.78 Å². The van der Waals surface area contributed by atoms with Crippen LogP contribution in [-0.2, 0) is 7.05 Å². The number of aryl methyl sites for hydroxylation is 1. The van der Waals surface area contributed by atoms with E-state index in [0.29, 0.717) is 29.8 Å². The summed E-state index contributed by atoms with van der Waals surface area (Å²) in [6, 6.07) is 14.2. The number of benzene rings is 1. The van der Waals surface area contributed by atoms with E-state index in [-0.39, 0.29) is 34.9 Å². The van der Waals surface area contributed by atoms with E-state index in [0.717, 1.165) is 5.56 Å². The van der Waals surface area contributed by atoms with Crippen LogP contribution in [0.1, 0.15) is 54.0 Å². The number of aromatic carboxylic acids is 1. The summed E-state index contributed by atoms with van der Waals surface area (Å²) in [5.41, 5.74) is 2.46. The van der Waals surface area contributed by atoms with Gasteiger partial charge in [-0.2, -0.15) is 10.5 Å². The van der Waals surface area contributed by atoms with Crippen LogP contribution in [0.15, 0.2) is 41.2 Å². The summed E-state index contributed by atoms with van der Waals surface area (Å²) in [7, 11) is 1.60. The summed E-state index contributed by atoms with van der Waals surface area (Å²) in [5, 5.41) is 28.7. The highest BCUT2D eigenvalue weighted by Crippen LogP contribution is 2.34. The number of fused-ring (bicyclic) bond motifs is 1. The molecule has 0 aliphatic carbocycles. The minimum atomic E-state index is -0.962. The molecule has 1 fully saturated rings. The highest BCUT2D eigenvalue weighted by atomic mass is 16.4. The molecule has 0 bridgehead atoms. The van der Waals surface area contributed by atoms with Crippen LogP contribution in [0.5, 0.6) is 0 Å². The van der Waals surface area contributed by atoms with Crippen molar-refractivity contribution in [3.63, 3.8) is 0 Å². The average molecular weight is 471 g/mol. The number of pyridine rings is 2. The summed E-state index contributed by atoms with van der Waals surface area (Å²) >= 11 is 0. The minimum absolute atomic E-state index is 0.0114. The van der Waals surface area contributed by atoms with E-state index in [1.807, 2.05) is 24.0 Å². The van der Waals surface area contributed by atoms with Crippen LogP contribution in [0.25, 0.3) is 11.0 Å². The summed E-state index contributed by atoms with van der Waals surface area (Å²) in [6.45, 7) is 7.30. The predicted molar refractivity (Wildman–Crippen MR) is 131 cm³/mol. The second-order valence-electron chi connectivity index (χ2n) is 9.03. The van der Waals surface area contributed by atoms with Gasteiger partial charge in [-0.1, -0.05) is 12.1 Å². The Morgan fingerprint density at radius 1 is 1.14 bits per heavy atom. The van der Waals surface area contributed by atoms with Gasteiger partial charge in [-0.15, -0.1) is 0 Å². The first-order valence-corrected chi connectivity index (χ1v) is 11.4. The smallest absolute Gasteiger partial charge is 0.335 e. The Morgan fingerprint density at radius 3 is 2.54 bits per heavy atom. The van der Waals surface area contributed by atoms with E-state index in [1.165, 1.54) is 4.57 Å². The number of carboxylic acid groups (broad SMARTS) is 1. The molecule has 178 valence electrons. The van der Waals surface area contributed by atoms with Gasteiger partial charge in [0, 0.05) is 38.3 Å². The molecule has 0 radical (unpaired) electrons. The van der Waals surface area contributed by atoms with Crippen molar-refractivity contribution >= 4 is 22.7 Å². The SMILES string of the molecule is CC(c1cccc(C(=O)O)c1)N1C[C@H](C)N(c2c(C#N)c(=O)n(C)c3ccc(C#N)nc23)C[C@H]1C. The highest BCUT2D eigenvalue weighted by molar-refractivity contribution is 5.92. The van der Waals surface area contributed by atoms with Gasteiger partial charge in [0.15, 0.2) is 0 Å². The van der Waals surface area contributed by atoms with Crippen molar-refractivity contribution in [1.82, 2.24) is 14.5 Å². The van der Waals surface area contributed by atoms with E-state index in [4.69, 9.17) is 0 Å². The largest absolute Gasteiger partial charge is 0.478 e. The fraction of sp³-hybridized carbons (Fsp3) is 0.346. The number of nitriles is 2. The lowest BCUT2D eigenvalue weighted by atomic mass is 9.98. The van der Waals surface area contributed by atoms with Crippen LogP contribution in [0.2, 0.25) is 0 Å². The molecule has 1 aromatic carbocycles. The van der Waals surface area contributed by atoms with Crippen molar-refractivity contribution in [3.8, 4) is 12.1 Å². The second kappa shape index (κ2) is 9.21. The van der Waals surface area contributed by atoms with Crippen molar-refractivity contribution < 1.29 is 9.90 Å². The molecule has 1 aliphatic heterocycles. The minimum Gasteiger partial charge on any atom is -0.478 e. The number of hydrogen-bond donors (Lipinski definition) is 1. The Kier molecular flexibility index (Phi) is 6.29. The number of rotatable bonds is 4. The van der Waals surface area contributed by atoms with Crippen molar-refractivity contribution in [2.24, 2.45) is 7.05 Å². The zero-order chi connectivity index (χ0) is 25.4. The van der Waals surface area contributed by atoms with Gasteiger partial charge in [-0.05, 0) is 50.6 Å². The van der Waals surface area contributed by atoms with Gasteiger partial charge in [0.05, 0.1) is 16.8 Å². The van der Waals surface area contributed by atoms with Crippen LogP contribution < -0.4 is 10.5 Å². The molecular weight excluding hydrogens is 444 g/mol. The summed E-state index contributed by atoms with van der Waals surface area (Å²) in [6.07, 6.45) is 0. The van der Waals surface area contributed by atoms with Crippen molar-refractivity contribution in [1.29, 1.82) is 10.5 Å². The molecule has 1 saturated heterocycles. The molecular formula is C26H26N6O3. The standard InChI is InChI=1S/C26H26N6O3/c1-15-14-32(16(2)13-31(15)17(3)18-6-5-7-19(10-18)26(34)35)24-21(12-28)25(33)30(4)22-9-8-20(11-27)29-23(22)24/h5-10,15-17H,13-14H2,1-4H3,(H,34,35)/t15-,16+,17?/m1/s1. The number of aromatic nitrogens is 2. The van der Waals surface area contributed by atoms with Gasteiger partial charge in [-0.3, -0.25) is 9.69 Å². The van der Waals surface area contributed by atoms with Crippen LogP contribution in [0.4, 0.5) is 5.69 Å².